The third-order valence-corrected chi connectivity index (χ3v) is 4.26. The van der Waals surface area contributed by atoms with Gasteiger partial charge in [0.25, 0.3) is 5.82 Å². The topological polar surface area (TPSA) is 8.81 Å². The standard InChI is InChI=1S/C20H25N2/c1-14(2)16-10-6-7-11-17(16)22-19-13-9-8-12-18(19)21(5)20(22)15(3)4/h6-15H,1-5H3/q+1/i14D. The summed E-state index contributed by atoms with van der Waals surface area (Å²) < 4.78 is 13.1. The average molecular weight is 294 g/mol. The van der Waals surface area contributed by atoms with Crippen molar-refractivity contribution in [3.05, 3.63) is 59.9 Å². The van der Waals surface area contributed by atoms with E-state index in [1.807, 2.05) is 19.9 Å². The molecule has 0 atom stereocenters. The number of aryl methyl sites for hydroxylation is 1. The van der Waals surface area contributed by atoms with Crippen molar-refractivity contribution in [3.8, 4) is 5.69 Å². The van der Waals surface area contributed by atoms with Gasteiger partial charge >= 0.3 is 0 Å². The van der Waals surface area contributed by atoms with Gasteiger partial charge in [-0.2, -0.15) is 4.57 Å². The summed E-state index contributed by atoms with van der Waals surface area (Å²) in [4.78, 5) is 0. The van der Waals surface area contributed by atoms with Gasteiger partial charge in [-0.25, -0.2) is 4.57 Å². The summed E-state index contributed by atoms with van der Waals surface area (Å²) in [7, 11) is 2.13. The van der Waals surface area contributed by atoms with E-state index in [4.69, 9.17) is 1.37 Å². The van der Waals surface area contributed by atoms with Crippen molar-refractivity contribution in [1.29, 1.82) is 0 Å². The summed E-state index contributed by atoms with van der Waals surface area (Å²) in [6, 6.07) is 16.8. The number of fused-ring (bicyclic) bond motifs is 1. The summed E-state index contributed by atoms with van der Waals surface area (Å²) in [5.41, 5.74) is 4.56. The molecular formula is C20H25N2+. The third-order valence-electron chi connectivity index (χ3n) is 4.26. The first kappa shape index (κ1) is 13.6. The number of benzene rings is 2. The van der Waals surface area contributed by atoms with Gasteiger partial charge in [-0.15, -0.1) is 0 Å². The number of imidazole rings is 1. The number of nitrogens with zero attached hydrogens (tertiary/aromatic N) is 2. The maximum Gasteiger partial charge on any atom is 0.264 e. The van der Waals surface area contributed by atoms with Crippen LogP contribution in [-0.4, -0.2) is 4.57 Å². The quantitative estimate of drug-likeness (QED) is 0.619. The zero-order chi connectivity index (χ0) is 16.8. The fourth-order valence-corrected chi connectivity index (χ4v) is 3.32. The highest BCUT2D eigenvalue weighted by atomic mass is 15.2. The molecule has 114 valence electrons. The second-order valence-electron chi connectivity index (χ2n) is 6.41. The van der Waals surface area contributed by atoms with E-state index < -0.39 is 5.89 Å². The van der Waals surface area contributed by atoms with E-state index in [9.17, 15) is 0 Å². The van der Waals surface area contributed by atoms with Crippen molar-refractivity contribution < 1.29 is 5.94 Å². The number of aromatic nitrogens is 2. The molecule has 22 heavy (non-hydrogen) atoms. The smallest absolute Gasteiger partial charge is 0.229 e. The van der Waals surface area contributed by atoms with E-state index in [1.54, 1.807) is 0 Å². The molecule has 0 aliphatic heterocycles. The van der Waals surface area contributed by atoms with E-state index in [2.05, 4.69) is 72.5 Å². The molecule has 0 fully saturated rings. The van der Waals surface area contributed by atoms with Crippen LogP contribution in [0.3, 0.4) is 0 Å². The van der Waals surface area contributed by atoms with Gasteiger partial charge in [-0.05, 0) is 24.1 Å². The van der Waals surface area contributed by atoms with Gasteiger partial charge in [0.1, 0.15) is 5.69 Å². The van der Waals surface area contributed by atoms with Crippen LogP contribution in [0.4, 0.5) is 0 Å². The minimum Gasteiger partial charge on any atom is -0.229 e. The summed E-state index contributed by atoms with van der Waals surface area (Å²) in [6.45, 7) is 8.34. The highest BCUT2D eigenvalue weighted by molar-refractivity contribution is 5.75. The Morgan fingerprint density at radius 3 is 2.27 bits per heavy atom. The lowest BCUT2D eigenvalue weighted by Gasteiger charge is -2.12. The van der Waals surface area contributed by atoms with Crippen molar-refractivity contribution in [2.45, 2.75) is 39.5 Å². The second kappa shape index (κ2) is 5.60. The van der Waals surface area contributed by atoms with Crippen LogP contribution in [0.2, 0.25) is 0 Å². The van der Waals surface area contributed by atoms with Crippen LogP contribution in [0.5, 0.6) is 0 Å². The summed E-state index contributed by atoms with van der Waals surface area (Å²) >= 11 is 0. The van der Waals surface area contributed by atoms with Gasteiger partial charge in [-0.3, -0.25) is 0 Å². The van der Waals surface area contributed by atoms with Crippen molar-refractivity contribution >= 4 is 11.0 Å². The van der Waals surface area contributed by atoms with Crippen molar-refractivity contribution in [2.75, 3.05) is 0 Å². The molecule has 0 N–H and O–H groups in total. The molecule has 0 saturated heterocycles. The Hall–Kier alpha value is -2.09. The van der Waals surface area contributed by atoms with E-state index in [1.165, 1.54) is 16.9 Å². The highest BCUT2D eigenvalue weighted by Crippen LogP contribution is 2.29. The van der Waals surface area contributed by atoms with Gasteiger partial charge in [0.15, 0.2) is 11.0 Å². The van der Waals surface area contributed by atoms with Gasteiger partial charge < -0.3 is 0 Å². The minimum absolute atomic E-state index is 0.384. The summed E-state index contributed by atoms with van der Waals surface area (Å²) in [5, 5.41) is 0. The van der Waals surface area contributed by atoms with Crippen LogP contribution in [0, 0.1) is 0 Å². The van der Waals surface area contributed by atoms with Crippen molar-refractivity contribution in [1.82, 2.24) is 4.57 Å². The van der Waals surface area contributed by atoms with Crippen LogP contribution >= 0.6 is 0 Å². The Morgan fingerprint density at radius 2 is 1.59 bits per heavy atom. The van der Waals surface area contributed by atoms with E-state index in [0.717, 1.165) is 11.3 Å². The van der Waals surface area contributed by atoms with Crippen LogP contribution in [-0.2, 0) is 7.05 Å². The highest BCUT2D eigenvalue weighted by Gasteiger charge is 2.27. The molecule has 0 bridgehead atoms. The number of hydrogen-bond acceptors (Lipinski definition) is 0. The summed E-state index contributed by atoms with van der Waals surface area (Å²) in [6.07, 6.45) is 0. The molecule has 0 spiro atoms. The van der Waals surface area contributed by atoms with Crippen LogP contribution < -0.4 is 4.57 Å². The van der Waals surface area contributed by atoms with Crippen LogP contribution in [0.1, 0.15) is 52.3 Å². The Bertz CT molecular complexity index is 854. The molecule has 0 unspecified atom stereocenters. The molecule has 2 nitrogen and oxygen atoms in total. The first-order valence-corrected chi connectivity index (χ1v) is 7.91. The van der Waals surface area contributed by atoms with E-state index >= 15 is 0 Å². The predicted octanol–water partition coefficient (Wildman–Crippen LogP) is 4.70. The molecule has 3 rings (SSSR count). The van der Waals surface area contributed by atoms with E-state index in [-0.39, 0.29) is 0 Å². The largest absolute Gasteiger partial charge is 0.264 e. The number of para-hydroxylation sites is 3. The third kappa shape index (κ3) is 2.23. The Morgan fingerprint density at radius 1 is 0.955 bits per heavy atom. The molecule has 0 saturated carbocycles. The Balaban J connectivity index is 2.44. The van der Waals surface area contributed by atoms with Gasteiger partial charge in [0.2, 0.25) is 0 Å². The fraction of sp³-hybridized carbons (Fsp3) is 0.350. The normalized spacial score (nSPS) is 12.9. The minimum atomic E-state index is -0.644. The lowest BCUT2D eigenvalue weighted by molar-refractivity contribution is -0.654. The molecule has 0 aliphatic carbocycles. The molecule has 0 aliphatic rings. The number of rotatable bonds is 3. The van der Waals surface area contributed by atoms with Crippen molar-refractivity contribution in [2.24, 2.45) is 7.05 Å². The lowest BCUT2D eigenvalue weighted by Crippen LogP contribution is -2.33. The molecule has 1 heterocycles. The lowest BCUT2D eigenvalue weighted by atomic mass is 10.0. The molecule has 0 radical (unpaired) electrons. The second-order valence-corrected chi connectivity index (χ2v) is 6.41. The Kier molecular flexibility index (Phi) is 3.45. The zero-order valence-electron chi connectivity index (χ0n) is 15.1. The Labute approximate surface area is 134 Å². The average Bonchev–Trinajstić information content (AvgIpc) is 2.80. The first-order valence-electron chi connectivity index (χ1n) is 8.41. The molecule has 1 aromatic heterocycles. The fourth-order valence-electron chi connectivity index (χ4n) is 3.32. The molecule has 0 amide bonds. The zero-order valence-corrected chi connectivity index (χ0v) is 14.1. The molecular weight excluding hydrogens is 268 g/mol. The molecule has 2 aromatic carbocycles. The molecule has 3 aromatic rings. The monoisotopic (exact) mass is 294 g/mol. The van der Waals surface area contributed by atoms with Gasteiger partial charge in [-0.1, -0.05) is 58.0 Å². The SMILES string of the molecule is [2H]C(C)(C)c1ccccc1-n1c(C(C)C)[n+](C)c2ccccc21. The van der Waals surface area contributed by atoms with Crippen LogP contribution in [0.15, 0.2) is 48.5 Å². The maximum absolute atomic E-state index is 8.54. The van der Waals surface area contributed by atoms with Crippen molar-refractivity contribution in [3.63, 3.8) is 0 Å². The first-order chi connectivity index (χ1) is 10.8. The van der Waals surface area contributed by atoms with Gasteiger partial charge in [0.05, 0.1) is 13.0 Å². The number of hydrogen-bond donors (Lipinski definition) is 0. The summed E-state index contributed by atoms with van der Waals surface area (Å²) in [5.74, 6) is 0.992. The molecule has 2 heteroatoms. The predicted molar refractivity (Wildman–Crippen MR) is 92.6 cm³/mol. The van der Waals surface area contributed by atoms with Gasteiger partial charge in [0, 0.05) is 6.93 Å². The maximum atomic E-state index is 8.54. The van der Waals surface area contributed by atoms with Crippen LogP contribution in [0.25, 0.3) is 16.7 Å². The van der Waals surface area contributed by atoms with E-state index in [0.29, 0.717) is 5.92 Å².